The predicted octanol–water partition coefficient (Wildman–Crippen LogP) is 2.66. The number of nitro groups is 1. The van der Waals surface area contributed by atoms with E-state index in [-0.39, 0.29) is 16.5 Å². The van der Waals surface area contributed by atoms with E-state index in [9.17, 15) is 41.3 Å². The average molecular weight is 475 g/mol. The molecule has 0 aromatic heterocycles. The van der Waals surface area contributed by atoms with Gasteiger partial charge in [-0.3, -0.25) is 14.9 Å². The Labute approximate surface area is 179 Å². The van der Waals surface area contributed by atoms with Crippen molar-refractivity contribution in [3.8, 4) is 0 Å². The van der Waals surface area contributed by atoms with E-state index in [0.29, 0.717) is 6.07 Å². The van der Waals surface area contributed by atoms with E-state index in [4.69, 9.17) is 4.74 Å². The molecular weight excluding hydrogens is 459 g/mol. The van der Waals surface area contributed by atoms with Crippen LogP contribution in [0.4, 0.5) is 24.5 Å². The summed E-state index contributed by atoms with van der Waals surface area (Å²) in [6.45, 7) is -0.954. The molecule has 10 nitrogen and oxygen atoms in total. The van der Waals surface area contributed by atoms with Gasteiger partial charge in [0.15, 0.2) is 6.61 Å². The molecule has 0 aliphatic rings. The number of ether oxygens (including phenoxy) is 1. The van der Waals surface area contributed by atoms with Crippen LogP contribution in [0.1, 0.15) is 15.9 Å². The highest BCUT2D eigenvalue weighted by Crippen LogP contribution is 2.37. The Kier molecular flexibility index (Phi) is 7.20. The first kappa shape index (κ1) is 24.7. The highest BCUT2D eigenvalue weighted by atomic mass is 32.2. The van der Waals surface area contributed by atoms with Gasteiger partial charge in [-0.1, -0.05) is 0 Å². The molecule has 2 aromatic carbocycles. The normalized spacial score (nSPS) is 11.8. The number of esters is 1. The van der Waals surface area contributed by atoms with E-state index in [0.717, 1.165) is 34.6 Å². The van der Waals surface area contributed by atoms with Gasteiger partial charge in [0, 0.05) is 26.2 Å². The number of anilines is 1. The number of hydrogen-bond acceptors (Lipinski definition) is 7. The number of nitrogens with one attached hydrogen (secondary N) is 1. The number of nitro benzene ring substituents is 1. The molecule has 0 aliphatic carbocycles. The summed E-state index contributed by atoms with van der Waals surface area (Å²) in [4.78, 5) is 33.5. The van der Waals surface area contributed by atoms with Crippen molar-refractivity contribution in [3.05, 3.63) is 63.7 Å². The maximum Gasteiger partial charge on any atom is 0.418 e. The number of non-ortho nitro benzene ring substituents is 1. The van der Waals surface area contributed by atoms with Gasteiger partial charge in [-0.05, 0) is 30.3 Å². The highest BCUT2D eigenvalue weighted by Gasteiger charge is 2.35. The molecule has 14 heteroatoms. The van der Waals surface area contributed by atoms with E-state index < -0.39 is 56.5 Å². The molecule has 2 rings (SSSR count). The molecule has 0 unspecified atom stereocenters. The van der Waals surface area contributed by atoms with Crippen LogP contribution in [-0.2, 0) is 25.7 Å². The first-order valence-electron chi connectivity index (χ1n) is 8.58. The summed E-state index contributed by atoms with van der Waals surface area (Å²) in [6.07, 6.45) is -4.99. The number of alkyl halides is 3. The number of benzene rings is 2. The Morgan fingerprint density at radius 1 is 1.12 bits per heavy atom. The van der Waals surface area contributed by atoms with Crippen molar-refractivity contribution in [1.82, 2.24) is 4.31 Å². The molecule has 0 saturated heterocycles. The number of amides is 1. The third-order valence-corrected chi connectivity index (χ3v) is 5.83. The fourth-order valence-electron chi connectivity index (χ4n) is 2.36. The minimum Gasteiger partial charge on any atom is -0.452 e. The number of nitrogens with zero attached hydrogens (tertiary/aromatic N) is 2. The minimum atomic E-state index is -4.99. The molecular formula is C18H16F3N3O7S. The van der Waals surface area contributed by atoms with Crippen molar-refractivity contribution < 1.29 is 40.8 Å². The molecule has 0 fully saturated rings. The lowest BCUT2D eigenvalue weighted by molar-refractivity contribution is -0.385. The Morgan fingerprint density at radius 2 is 1.72 bits per heavy atom. The van der Waals surface area contributed by atoms with Crippen LogP contribution in [0.3, 0.4) is 0 Å². The largest absolute Gasteiger partial charge is 0.452 e. The quantitative estimate of drug-likeness (QED) is 0.369. The van der Waals surface area contributed by atoms with Crippen molar-refractivity contribution >= 4 is 33.3 Å². The van der Waals surface area contributed by atoms with Crippen molar-refractivity contribution in [2.24, 2.45) is 0 Å². The number of rotatable bonds is 7. The fourth-order valence-corrected chi connectivity index (χ4v) is 3.27. The topological polar surface area (TPSA) is 136 Å². The van der Waals surface area contributed by atoms with Gasteiger partial charge in [0.1, 0.15) is 0 Å². The number of halogens is 3. The second-order valence-electron chi connectivity index (χ2n) is 6.42. The average Bonchev–Trinajstić information content (AvgIpc) is 2.71. The summed E-state index contributed by atoms with van der Waals surface area (Å²) in [6, 6.07) is 6.36. The second-order valence-corrected chi connectivity index (χ2v) is 8.57. The summed E-state index contributed by atoms with van der Waals surface area (Å²) in [5.74, 6) is -2.14. The Morgan fingerprint density at radius 3 is 2.22 bits per heavy atom. The number of hydrogen-bond donors (Lipinski definition) is 1. The van der Waals surface area contributed by atoms with Crippen LogP contribution in [0.15, 0.2) is 47.4 Å². The first-order chi connectivity index (χ1) is 14.7. The zero-order chi connectivity index (χ0) is 24.3. The molecule has 2 aromatic rings. The molecule has 32 heavy (non-hydrogen) atoms. The van der Waals surface area contributed by atoms with Crippen LogP contribution in [0.25, 0.3) is 0 Å². The molecule has 0 bridgehead atoms. The molecule has 0 aliphatic heterocycles. The van der Waals surface area contributed by atoms with Gasteiger partial charge in [0.2, 0.25) is 10.0 Å². The minimum absolute atomic E-state index is 0.0883. The summed E-state index contributed by atoms with van der Waals surface area (Å²) in [5, 5.41) is 12.6. The van der Waals surface area contributed by atoms with Gasteiger partial charge in [-0.15, -0.1) is 0 Å². The van der Waals surface area contributed by atoms with Crippen molar-refractivity contribution in [2.75, 3.05) is 26.0 Å². The monoisotopic (exact) mass is 475 g/mol. The Balaban J connectivity index is 2.07. The van der Waals surface area contributed by atoms with Gasteiger partial charge < -0.3 is 10.1 Å². The summed E-state index contributed by atoms with van der Waals surface area (Å²) in [5.41, 5.74) is -3.10. The third-order valence-electron chi connectivity index (χ3n) is 4.00. The summed E-state index contributed by atoms with van der Waals surface area (Å²) < 4.78 is 69.1. The number of sulfonamides is 1. The van der Waals surface area contributed by atoms with E-state index in [1.54, 1.807) is 0 Å². The zero-order valence-corrected chi connectivity index (χ0v) is 17.4. The molecule has 1 amide bonds. The molecule has 0 saturated carbocycles. The maximum absolute atomic E-state index is 13.1. The summed E-state index contributed by atoms with van der Waals surface area (Å²) >= 11 is 0. The van der Waals surface area contributed by atoms with Crippen molar-refractivity contribution in [1.29, 1.82) is 0 Å². The highest BCUT2D eigenvalue weighted by molar-refractivity contribution is 7.89. The van der Waals surface area contributed by atoms with Crippen LogP contribution in [-0.4, -0.2) is 50.2 Å². The molecule has 0 atom stereocenters. The predicted molar refractivity (Wildman–Crippen MR) is 104 cm³/mol. The standard InChI is InChI=1S/C18H16F3N3O7S/c1-23(2)32(29,30)13-6-3-11(4-7-13)17(26)31-10-16(25)22-15-8-5-12(24(27)28)9-14(15)18(19,20)21/h3-9H,10H2,1-2H3,(H,22,25). The molecule has 0 radical (unpaired) electrons. The lowest BCUT2D eigenvalue weighted by Crippen LogP contribution is -2.23. The van der Waals surface area contributed by atoms with E-state index >= 15 is 0 Å². The Bertz CT molecular complexity index is 1150. The maximum atomic E-state index is 13.1. The van der Waals surface area contributed by atoms with Crippen molar-refractivity contribution in [3.63, 3.8) is 0 Å². The first-order valence-corrected chi connectivity index (χ1v) is 10.0. The fraction of sp³-hybridized carbons (Fsp3) is 0.222. The SMILES string of the molecule is CN(C)S(=O)(=O)c1ccc(C(=O)OCC(=O)Nc2ccc([N+](=O)[O-])cc2C(F)(F)F)cc1. The smallest absolute Gasteiger partial charge is 0.418 e. The zero-order valence-electron chi connectivity index (χ0n) is 16.5. The van der Waals surface area contributed by atoms with Gasteiger partial charge in [0.05, 0.1) is 26.6 Å². The summed E-state index contributed by atoms with van der Waals surface area (Å²) in [7, 11) is -1.07. The van der Waals surface area contributed by atoms with E-state index in [1.165, 1.54) is 14.1 Å². The third kappa shape index (κ3) is 5.79. The lowest BCUT2D eigenvalue weighted by atomic mass is 10.1. The van der Waals surface area contributed by atoms with Gasteiger partial charge in [-0.25, -0.2) is 17.5 Å². The van der Waals surface area contributed by atoms with E-state index in [1.807, 2.05) is 5.32 Å². The molecule has 1 N–H and O–H groups in total. The molecule has 0 spiro atoms. The van der Waals surface area contributed by atoms with Crippen LogP contribution in [0, 0.1) is 10.1 Å². The van der Waals surface area contributed by atoms with Gasteiger partial charge in [-0.2, -0.15) is 13.2 Å². The Hall–Kier alpha value is -3.52. The second kappa shape index (κ2) is 9.32. The van der Waals surface area contributed by atoms with Crippen LogP contribution >= 0.6 is 0 Å². The van der Waals surface area contributed by atoms with Crippen LogP contribution < -0.4 is 5.32 Å². The lowest BCUT2D eigenvalue weighted by Gasteiger charge is -2.14. The van der Waals surface area contributed by atoms with E-state index in [2.05, 4.69) is 0 Å². The van der Waals surface area contributed by atoms with Gasteiger partial charge in [0.25, 0.3) is 11.6 Å². The van der Waals surface area contributed by atoms with Crippen molar-refractivity contribution in [2.45, 2.75) is 11.1 Å². The van der Waals surface area contributed by atoms with Crippen LogP contribution in [0.5, 0.6) is 0 Å². The molecule has 0 heterocycles. The van der Waals surface area contributed by atoms with Crippen LogP contribution in [0.2, 0.25) is 0 Å². The number of carbonyl (C=O) groups is 2. The van der Waals surface area contributed by atoms with Gasteiger partial charge >= 0.3 is 12.1 Å². The number of carbonyl (C=O) groups excluding carboxylic acids is 2. The molecule has 172 valence electrons.